The minimum absolute atomic E-state index is 0.223. The number of benzene rings is 1. The molecule has 0 saturated heterocycles. The summed E-state index contributed by atoms with van der Waals surface area (Å²) in [6, 6.07) is 8.77. The summed E-state index contributed by atoms with van der Waals surface area (Å²) in [6.07, 6.45) is 2.03. The van der Waals surface area contributed by atoms with Crippen molar-refractivity contribution in [2.45, 2.75) is 53.4 Å². The number of hydrogen-bond acceptors (Lipinski definition) is 4. The number of methoxy groups -OCH3 is 1. The third-order valence-corrected chi connectivity index (χ3v) is 4.67. The summed E-state index contributed by atoms with van der Waals surface area (Å²) < 4.78 is 7.50. The van der Waals surface area contributed by atoms with E-state index in [2.05, 4.69) is 67.3 Å². The normalized spacial score (nSPS) is 12.6. The van der Waals surface area contributed by atoms with E-state index >= 15 is 0 Å². The van der Waals surface area contributed by atoms with Crippen LogP contribution in [0.1, 0.15) is 50.6 Å². The van der Waals surface area contributed by atoms with Gasteiger partial charge >= 0.3 is 0 Å². The number of aryl methyl sites for hydroxylation is 1. The lowest BCUT2D eigenvalue weighted by atomic mass is 10.1. The Bertz CT molecular complexity index is 649. The fourth-order valence-corrected chi connectivity index (χ4v) is 2.91. The van der Waals surface area contributed by atoms with E-state index in [9.17, 15) is 0 Å². The Morgan fingerprint density at radius 2 is 1.96 bits per heavy atom. The van der Waals surface area contributed by atoms with E-state index in [0.29, 0.717) is 0 Å². The number of nitrogens with zero attached hydrogens (tertiary/aromatic N) is 3. The summed E-state index contributed by atoms with van der Waals surface area (Å²) in [5, 5.41) is 8.14. The van der Waals surface area contributed by atoms with Gasteiger partial charge in [0.1, 0.15) is 5.75 Å². The molecule has 0 saturated carbocycles. The van der Waals surface area contributed by atoms with Gasteiger partial charge in [-0.2, -0.15) is 5.10 Å². The van der Waals surface area contributed by atoms with Gasteiger partial charge in [-0.15, -0.1) is 0 Å². The Kier molecular flexibility index (Phi) is 7.47. The molecule has 1 aromatic heterocycles. The highest BCUT2D eigenvalue weighted by atomic mass is 16.5. The Morgan fingerprint density at radius 3 is 2.56 bits per heavy atom. The summed E-state index contributed by atoms with van der Waals surface area (Å²) in [7, 11) is 1.74. The maximum Gasteiger partial charge on any atom is 0.123 e. The Hall–Kier alpha value is -1.85. The van der Waals surface area contributed by atoms with Crippen molar-refractivity contribution in [3.05, 3.63) is 47.3 Å². The molecule has 0 aliphatic rings. The maximum atomic E-state index is 5.54. The van der Waals surface area contributed by atoms with Gasteiger partial charge in [0.05, 0.1) is 12.8 Å². The summed E-state index contributed by atoms with van der Waals surface area (Å²) in [4.78, 5) is 2.40. The molecule has 2 aromatic rings. The van der Waals surface area contributed by atoms with E-state index in [1.165, 1.54) is 11.1 Å². The predicted octanol–water partition coefficient (Wildman–Crippen LogP) is 3.60. The molecule has 138 valence electrons. The molecule has 1 unspecified atom stereocenters. The van der Waals surface area contributed by atoms with E-state index in [1.54, 1.807) is 7.11 Å². The topological polar surface area (TPSA) is 42.3 Å². The van der Waals surface area contributed by atoms with Crippen LogP contribution < -0.4 is 10.1 Å². The highest BCUT2D eigenvalue weighted by Crippen LogP contribution is 2.22. The van der Waals surface area contributed by atoms with Crippen molar-refractivity contribution < 1.29 is 4.74 Å². The van der Waals surface area contributed by atoms with Crippen molar-refractivity contribution in [1.29, 1.82) is 0 Å². The third kappa shape index (κ3) is 5.31. The molecular formula is C20H32N4O. The lowest BCUT2D eigenvalue weighted by Gasteiger charge is -2.20. The minimum atomic E-state index is 0.223. The van der Waals surface area contributed by atoms with Crippen LogP contribution in [0.15, 0.2) is 30.5 Å². The maximum absolute atomic E-state index is 5.54. The molecule has 2 rings (SSSR count). The van der Waals surface area contributed by atoms with E-state index < -0.39 is 0 Å². The first kappa shape index (κ1) is 19.5. The monoisotopic (exact) mass is 344 g/mol. The largest absolute Gasteiger partial charge is 0.496 e. The van der Waals surface area contributed by atoms with Gasteiger partial charge in [0.15, 0.2) is 0 Å². The average Bonchev–Trinajstić information content (AvgIpc) is 3.13. The number of ether oxygens (including phenoxy) is 1. The SMILES string of the molecule is CCN(CC)Cc1cc(CNC(C)c2ccn(CC)n2)ccc1OC. The standard InChI is InChI=1S/C20H32N4O/c1-6-23(7-2)15-18-13-17(9-10-20(18)25-5)14-21-16(4)19-11-12-24(8-3)22-19/h9-13,16,21H,6-8,14-15H2,1-5H3. The number of rotatable bonds is 10. The molecule has 5 nitrogen and oxygen atoms in total. The van der Waals surface area contributed by atoms with Crippen LogP contribution in [0.4, 0.5) is 0 Å². The molecule has 0 aliphatic carbocycles. The molecular weight excluding hydrogens is 312 g/mol. The van der Waals surface area contributed by atoms with Crippen LogP contribution in [0.3, 0.4) is 0 Å². The molecule has 1 aromatic carbocycles. The summed E-state index contributed by atoms with van der Waals surface area (Å²) in [6.45, 7) is 13.4. The third-order valence-electron chi connectivity index (χ3n) is 4.67. The zero-order chi connectivity index (χ0) is 18.2. The summed E-state index contributed by atoms with van der Waals surface area (Å²) in [5.74, 6) is 0.963. The zero-order valence-corrected chi connectivity index (χ0v) is 16.2. The molecule has 1 N–H and O–H groups in total. The van der Waals surface area contributed by atoms with Crippen LogP contribution >= 0.6 is 0 Å². The zero-order valence-electron chi connectivity index (χ0n) is 16.2. The van der Waals surface area contributed by atoms with Gasteiger partial charge < -0.3 is 10.1 Å². The van der Waals surface area contributed by atoms with Gasteiger partial charge in [0, 0.05) is 37.4 Å². The van der Waals surface area contributed by atoms with Crippen LogP contribution in [0, 0.1) is 0 Å². The van der Waals surface area contributed by atoms with Crippen LogP contribution in [0.25, 0.3) is 0 Å². The average molecular weight is 345 g/mol. The number of hydrogen-bond donors (Lipinski definition) is 1. The first-order valence-electron chi connectivity index (χ1n) is 9.26. The Balaban J connectivity index is 2.03. The molecule has 0 spiro atoms. The minimum Gasteiger partial charge on any atom is -0.496 e. The van der Waals surface area contributed by atoms with E-state index in [1.807, 2.05) is 10.9 Å². The predicted molar refractivity (Wildman–Crippen MR) is 103 cm³/mol. The second kappa shape index (κ2) is 9.59. The highest BCUT2D eigenvalue weighted by Gasteiger charge is 2.11. The second-order valence-corrected chi connectivity index (χ2v) is 6.31. The summed E-state index contributed by atoms with van der Waals surface area (Å²) >= 11 is 0. The van der Waals surface area contributed by atoms with Crippen molar-refractivity contribution in [1.82, 2.24) is 20.0 Å². The van der Waals surface area contributed by atoms with Crippen LogP contribution in [0.5, 0.6) is 5.75 Å². The van der Waals surface area contributed by atoms with Crippen molar-refractivity contribution in [2.24, 2.45) is 0 Å². The van der Waals surface area contributed by atoms with E-state index in [0.717, 1.165) is 44.2 Å². The van der Waals surface area contributed by atoms with Crippen LogP contribution in [-0.2, 0) is 19.6 Å². The number of nitrogens with one attached hydrogen (secondary N) is 1. The molecule has 1 atom stereocenters. The van der Waals surface area contributed by atoms with Gasteiger partial charge in [-0.3, -0.25) is 9.58 Å². The fraction of sp³-hybridized carbons (Fsp3) is 0.550. The van der Waals surface area contributed by atoms with Gasteiger partial charge in [-0.25, -0.2) is 0 Å². The molecule has 0 radical (unpaired) electrons. The van der Waals surface area contributed by atoms with Crippen molar-refractivity contribution >= 4 is 0 Å². The fourth-order valence-electron chi connectivity index (χ4n) is 2.91. The van der Waals surface area contributed by atoms with Crippen molar-refractivity contribution in [3.63, 3.8) is 0 Å². The van der Waals surface area contributed by atoms with Crippen LogP contribution in [-0.4, -0.2) is 34.9 Å². The van der Waals surface area contributed by atoms with Gasteiger partial charge in [-0.05, 0) is 50.7 Å². The molecule has 5 heteroatoms. The number of aromatic nitrogens is 2. The molecule has 0 amide bonds. The van der Waals surface area contributed by atoms with Gasteiger partial charge in [0.25, 0.3) is 0 Å². The lowest BCUT2D eigenvalue weighted by molar-refractivity contribution is 0.289. The molecule has 1 heterocycles. The first-order valence-corrected chi connectivity index (χ1v) is 9.26. The molecule has 0 fully saturated rings. The molecule has 25 heavy (non-hydrogen) atoms. The second-order valence-electron chi connectivity index (χ2n) is 6.31. The van der Waals surface area contributed by atoms with Gasteiger partial charge in [-0.1, -0.05) is 19.9 Å². The Morgan fingerprint density at radius 1 is 1.20 bits per heavy atom. The quantitative estimate of drug-likeness (QED) is 0.715. The summed E-state index contributed by atoms with van der Waals surface area (Å²) in [5.41, 5.74) is 3.59. The van der Waals surface area contributed by atoms with E-state index in [4.69, 9.17) is 4.74 Å². The molecule has 0 bridgehead atoms. The highest BCUT2D eigenvalue weighted by molar-refractivity contribution is 5.37. The first-order chi connectivity index (χ1) is 12.1. The lowest BCUT2D eigenvalue weighted by Crippen LogP contribution is -2.23. The molecule has 0 aliphatic heterocycles. The van der Waals surface area contributed by atoms with Crippen molar-refractivity contribution in [2.75, 3.05) is 20.2 Å². The van der Waals surface area contributed by atoms with Gasteiger partial charge in [0.2, 0.25) is 0 Å². The van der Waals surface area contributed by atoms with Crippen molar-refractivity contribution in [3.8, 4) is 5.75 Å². The Labute approximate surface area is 152 Å². The smallest absolute Gasteiger partial charge is 0.123 e. The van der Waals surface area contributed by atoms with E-state index in [-0.39, 0.29) is 6.04 Å². The van der Waals surface area contributed by atoms with Crippen LogP contribution in [0.2, 0.25) is 0 Å².